The second-order valence-electron chi connectivity index (χ2n) is 8.47. The highest BCUT2D eigenvalue weighted by molar-refractivity contribution is 5.88. The fourth-order valence-electron chi connectivity index (χ4n) is 5.31. The van der Waals surface area contributed by atoms with Crippen molar-refractivity contribution in [3.8, 4) is 5.75 Å². The van der Waals surface area contributed by atoms with Crippen LogP contribution in [0.4, 0.5) is 0 Å². The number of ether oxygens (including phenoxy) is 2. The number of carbonyl (C=O) groups excluding carboxylic acids is 1. The number of rotatable bonds is 3. The predicted octanol–water partition coefficient (Wildman–Crippen LogP) is 2.90. The van der Waals surface area contributed by atoms with Crippen LogP contribution in [0.2, 0.25) is 0 Å². The standard InChI is InChI=1S/C22H31NO4/c1-26-19-7-5-17(6-8-19)21(11-14-27-15-12-21)20(24)23-13-10-22(25)9-3-2-4-18(22)16-23/h5-8,18,25H,2-4,9-16H2,1H3/t18-,22-/m0/s1. The summed E-state index contributed by atoms with van der Waals surface area (Å²) < 4.78 is 10.9. The number of aliphatic hydroxyl groups is 1. The lowest BCUT2D eigenvalue weighted by Gasteiger charge is -2.50. The minimum atomic E-state index is -0.558. The smallest absolute Gasteiger partial charge is 0.233 e. The van der Waals surface area contributed by atoms with E-state index in [0.717, 1.165) is 37.0 Å². The minimum Gasteiger partial charge on any atom is -0.497 e. The Hall–Kier alpha value is -1.59. The van der Waals surface area contributed by atoms with Crippen molar-refractivity contribution in [3.05, 3.63) is 29.8 Å². The molecule has 0 bridgehead atoms. The quantitative estimate of drug-likeness (QED) is 0.885. The summed E-state index contributed by atoms with van der Waals surface area (Å²) in [6.45, 7) is 2.57. The van der Waals surface area contributed by atoms with Gasteiger partial charge in [-0.25, -0.2) is 0 Å². The third kappa shape index (κ3) is 3.36. The Bertz CT molecular complexity index is 667. The Labute approximate surface area is 161 Å². The van der Waals surface area contributed by atoms with Crippen molar-refractivity contribution in [2.75, 3.05) is 33.4 Å². The third-order valence-electron chi connectivity index (χ3n) is 7.11. The summed E-state index contributed by atoms with van der Waals surface area (Å²) >= 11 is 0. The van der Waals surface area contributed by atoms with Crippen LogP contribution in [0, 0.1) is 5.92 Å². The van der Waals surface area contributed by atoms with Gasteiger partial charge in [-0.1, -0.05) is 25.0 Å². The van der Waals surface area contributed by atoms with Crippen LogP contribution in [0.3, 0.4) is 0 Å². The SMILES string of the molecule is COc1ccc(C2(C(=O)N3CC[C@@]4(O)CCCC[C@H]4C3)CCOCC2)cc1. The molecule has 5 heteroatoms. The molecular formula is C22H31NO4. The molecule has 148 valence electrons. The summed E-state index contributed by atoms with van der Waals surface area (Å²) in [5, 5.41) is 11.0. The summed E-state index contributed by atoms with van der Waals surface area (Å²) in [7, 11) is 1.66. The van der Waals surface area contributed by atoms with Gasteiger partial charge in [0.2, 0.25) is 5.91 Å². The average molecular weight is 373 g/mol. The summed E-state index contributed by atoms with van der Waals surface area (Å²) in [6, 6.07) is 7.94. The van der Waals surface area contributed by atoms with E-state index in [-0.39, 0.29) is 11.8 Å². The maximum Gasteiger partial charge on any atom is 0.233 e. The molecule has 4 rings (SSSR count). The zero-order valence-corrected chi connectivity index (χ0v) is 16.3. The molecule has 2 saturated heterocycles. The molecule has 0 spiro atoms. The molecule has 1 aromatic carbocycles. The molecule has 1 N–H and O–H groups in total. The molecule has 3 fully saturated rings. The number of piperidine rings is 1. The van der Waals surface area contributed by atoms with Crippen LogP contribution in [0.1, 0.15) is 50.5 Å². The third-order valence-corrected chi connectivity index (χ3v) is 7.11. The second-order valence-corrected chi connectivity index (χ2v) is 8.47. The van der Waals surface area contributed by atoms with Gasteiger partial charge >= 0.3 is 0 Å². The largest absolute Gasteiger partial charge is 0.497 e. The van der Waals surface area contributed by atoms with Crippen molar-refractivity contribution >= 4 is 5.91 Å². The fourth-order valence-corrected chi connectivity index (χ4v) is 5.31. The first-order valence-corrected chi connectivity index (χ1v) is 10.3. The Morgan fingerprint density at radius 2 is 1.89 bits per heavy atom. The first-order chi connectivity index (χ1) is 13.1. The molecular weight excluding hydrogens is 342 g/mol. The molecule has 1 aliphatic carbocycles. The Morgan fingerprint density at radius 3 is 2.59 bits per heavy atom. The van der Waals surface area contributed by atoms with Crippen LogP contribution < -0.4 is 4.74 Å². The minimum absolute atomic E-state index is 0.212. The number of hydrogen-bond acceptors (Lipinski definition) is 4. The van der Waals surface area contributed by atoms with Gasteiger partial charge in [0.25, 0.3) is 0 Å². The van der Waals surface area contributed by atoms with E-state index in [2.05, 4.69) is 0 Å². The van der Waals surface area contributed by atoms with Crippen molar-refractivity contribution < 1.29 is 19.4 Å². The number of methoxy groups -OCH3 is 1. The molecule has 0 unspecified atom stereocenters. The van der Waals surface area contributed by atoms with Crippen LogP contribution in [0.5, 0.6) is 5.75 Å². The van der Waals surface area contributed by atoms with Crippen molar-refractivity contribution in [2.24, 2.45) is 5.92 Å². The van der Waals surface area contributed by atoms with Gasteiger partial charge in [0.05, 0.1) is 18.1 Å². The first-order valence-electron chi connectivity index (χ1n) is 10.3. The molecule has 2 atom stereocenters. The number of carbonyl (C=O) groups is 1. The maximum absolute atomic E-state index is 13.8. The Kier molecular flexibility index (Phi) is 5.17. The van der Waals surface area contributed by atoms with Gasteiger partial charge < -0.3 is 19.5 Å². The fraction of sp³-hybridized carbons (Fsp3) is 0.682. The van der Waals surface area contributed by atoms with Gasteiger partial charge in [-0.05, 0) is 49.8 Å². The van der Waals surface area contributed by atoms with E-state index < -0.39 is 11.0 Å². The topological polar surface area (TPSA) is 59.0 Å². The van der Waals surface area contributed by atoms with Gasteiger partial charge in [-0.3, -0.25) is 4.79 Å². The van der Waals surface area contributed by atoms with E-state index >= 15 is 0 Å². The van der Waals surface area contributed by atoms with Crippen LogP contribution in [-0.4, -0.2) is 54.9 Å². The number of likely N-dealkylation sites (tertiary alicyclic amines) is 1. The van der Waals surface area contributed by atoms with E-state index in [1.54, 1.807) is 7.11 Å². The monoisotopic (exact) mass is 373 g/mol. The number of hydrogen-bond donors (Lipinski definition) is 1. The van der Waals surface area contributed by atoms with Crippen molar-refractivity contribution in [3.63, 3.8) is 0 Å². The summed E-state index contributed by atoms with van der Waals surface area (Å²) in [5.74, 6) is 1.24. The highest BCUT2D eigenvalue weighted by Crippen LogP contribution is 2.43. The predicted molar refractivity (Wildman–Crippen MR) is 103 cm³/mol. The molecule has 5 nitrogen and oxygen atoms in total. The zero-order valence-electron chi connectivity index (χ0n) is 16.3. The number of fused-ring (bicyclic) bond motifs is 1. The molecule has 1 amide bonds. The molecule has 0 aromatic heterocycles. The highest BCUT2D eigenvalue weighted by atomic mass is 16.5. The highest BCUT2D eigenvalue weighted by Gasteiger charge is 2.49. The van der Waals surface area contributed by atoms with E-state index in [1.165, 1.54) is 0 Å². The summed E-state index contributed by atoms with van der Waals surface area (Å²) in [6.07, 6.45) is 6.31. The van der Waals surface area contributed by atoms with E-state index in [9.17, 15) is 9.90 Å². The Morgan fingerprint density at radius 1 is 1.15 bits per heavy atom. The first kappa shape index (κ1) is 18.8. The number of benzene rings is 1. The lowest BCUT2D eigenvalue weighted by atomic mass is 9.69. The van der Waals surface area contributed by atoms with Crippen molar-refractivity contribution in [1.29, 1.82) is 0 Å². The van der Waals surface area contributed by atoms with Crippen LogP contribution in [0.15, 0.2) is 24.3 Å². The normalized spacial score (nSPS) is 30.4. The van der Waals surface area contributed by atoms with Gasteiger partial charge in [-0.15, -0.1) is 0 Å². The lowest BCUT2D eigenvalue weighted by molar-refractivity contribution is -0.152. The maximum atomic E-state index is 13.8. The average Bonchev–Trinajstić information content (AvgIpc) is 2.73. The number of amides is 1. The van der Waals surface area contributed by atoms with E-state index in [1.807, 2.05) is 29.2 Å². The zero-order chi connectivity index (χ0) is 18.9. The van der Waals surface area contributed by atoms with Crippen LogP contribution in [-0.2, 0) is 14.9 Å². The number of nitrogens with zero attached hydrogens (tertiary/aromatic N) is 1. The van der Waals surface area contributed by atoms with Gasteiger partial charge in [0, 0.05) is 32.2 Å². The van der Waals surface area contributed by atoms with Crippen molar-refractivity contribution in [2.45, 2.75) is 56.0 Å². The Balaban J connectivity index is 1.59. The molecule has 2 aliphatic heterocycles. The van der Waals surface area contributed by atoms with Gasteiger partial charge in [0.1, 0.15) is 5.75 Å². The van der Waals surface area contributed by atoms with Gasteiger partial charge in [-0.2, -0.15) is 0 Å². The second kappa shape index (κ2) is 7.44. The molecule has 1 aromatic rings. The van der Waals surface area contributed by atoms with E-state index in [4.69, 9.17) is 9.47 Å². The van der Waals surface area contributed by atoms with Crippen LogP contribution >= 0.6 is 0 Å². The molecule has 3 aliphatic rings. The molecule has 1 saturated carbocycles. The lowest BCUT2D eigenvalue weighted by Crippen LogP contribution is -2.58. The van der Waals surface area contributed by atoms with Gasteiger partial charge in [0.15, 0.2) is 0 Å². The van der Waals surface area contributed by atoms with E-state index in [0.29, 0.717) is 45.6 Å². The summed E-state index contributed by atoms with van der Waals surface area (Å²) in [5.41, 5.74) is -0.0202. The van der Waals surface area contributed by atoms with Crippen LogP contribution in [0.25, 0.3) is 0 Å². The molecule has 27 heavy (non-hydrogen) atoms. The molecule has 2 heterocycles. The molecule has 0 radical (unpaired) electrons. The summed E-state index contributed by atoms with van der Waals surface area (Å²) in [4.78, 5) is 15.8. The van der Waals surface area contributed by atoms with Crippen molar-refractivity contribution in [1.82, 2.24) is 4.90 Å².